The summed E-state index contributed by atoms with van der Waals surface area (Å²) in [7, 11) is -0.988. The van der Waals surface area contributed by atoms with Gasteiger partial charge in [0.05, 0.1) is 8.07 Å². The fourth-order valence-corrected chi connectivity index (χ4v) is 4.22. The summed E-state index contributed by atoms with van der Waals surface area (Å²) in [6.45, 7) is 11.0. The molecule has 1 rings (SSSR count). The molecule has 1 nitrogen and oxygen atoms in total. The van der Waals surface area contributed by atoms with Crippen LogP contribution in [0.4, 0.5) is 0 Å². The Hall–Kier alpha value is -0.413. The standard InChI is InChI=1S/C12H20OSSi/c1-9-6-11(7-10(2)12(9)13)14-8-15(3,4)5/h6-7,13H,8H2,1-5H3. The van der Waals surface area contributed by atoms with Crippen LogP contribution in [0.3, 0.4) is 0 Å². The van der Waals surface area contributed by atoms with Crippen LogP contribution in [-0.2, 0) is 0 Å². The largest absolute Gasteiger partial charge is 0.507 e. The molecule has 0 fully saturated rings. The molecule has 0 heterocycles. The van der Waals surface area contributed by atoms with Gasteiger partial charge in [-0.3, -0.25) is 0 Å². The highest BCUT2D eigenvalue weighted by molar-refractivity contribution is 8.01. The van der Waals surface area contributed by atoms with Crippen molar-refractivity contribution in [2.75, 3.05) is 5.38 Å². The van der Waals surface area contributed by atoms with Gasteiger partial charge in [0, 0.05) is 4.90 Å². The van der Waals surface area contributed by atoms with E-state index in [0.29, 0.717) is 5.75 Å². The number of aromatic hydroxyl groups is 1. The van der Waals surface area contributed by atoms with E-state index in [1.54, 1.807) is 0 Å². The van der Waals surface area contributed by atoms with Crippen LogP contribution in [0.25, 0.3) is 0 Å². The zero-order chi connectivity index (χ0) is 11.6. The second-order valence-electron chi connectivity index (χ2n) is 5.26. The SMILES string of the molecule is Cc1cc(SC[Si](C)(C)C)cc(C)c1O. The van der Waals surface area contributed by atoms with Crippen molar-refractivity contribution in [3.63, 3.8) is 0 Å². The number of phenols is 1. The van der Waals surface area contributed by atoms with Crippen LogP contribution in [0, 0.1) is 13.8 Å². The Labute approximate surface area is 97.9 Å². The highest BCUT2D eigenvalue weighted by Crippen LogP contribution is 2.29. The molecule has 0 radical (unpaired) electrons. The molecule has 0 aromatic heterocycles. The maximum absolute atomic E-state index is 9.66. The predicted octanol–water partition coefficient (Wildman–Crippen LogP) is 3.98. The van der Waals surface area contributed by atoms with E-state index in [4.69, 9.17) is 0 Å². The molecular formula is C12H20OSSi. The summed E-state index contributed by atoms with van der Waals surface area (Å²) in [5.74, 6) is 0.437. The maximum Gasteiger partial charge on any atom is 0.121 e. The van der Waals surface area contributed by atoms with Crippen LogP contribution in [0.1, 0.15) is 11.1 Å². The van der Waals surface area contributed by atoms with Gasteiger partial charge in [-0.1, -0.05) is 19.6 Å². The summed E-state index contributed by atoms with van der Waals surface area (Å²) in [5, 5.41) is 10.9. The molecule has 0 saturated carbocycles. The summed E-state index contributed by atoms with van der Waals surface area (Å²) >= 11 is 1.92. The summed E-state index contributed by atoms with van der Waals surface area (Å²) in [6.07, 6.45) is 0. The lowest BCUT2D eigenvalue weighted by Crippen LogP contribution is -2.23. The zero-order valence-electron chi connectivity index (χ0n) is 10.2. The van der Waals surface area contributed by atoms with E-state index in [1.807, 2.05) is 25.6 Å². The second kappa shape index (κ2) is 4.62. The van der Waals surface area contributed by atoms with Crippen molar-refractivity contribution in [1.29, 1.82) is 0 Å². The van der Waals surface area contributed by atoms with Gasteiger partial charge in [0.1, 0.15) is 5.75 Å². The smallest absolute Gasteiger partial charge is 0.121 e. The zero-order valence-corrected chi connectivity index (χ0v) is 12.0. The minimum absolute atomic E-state index is 0.437. The van der Waals surface area contributed by atoms with Gasteiger partial charge in [-0.2, -0.15) is 0 Å². The summed E-state index contributed by atoms with van der Waals surface area (Å²) in [4.78, 5) is 1.28. The van der Waals surface area contributed by atoms with Gasteiger partial charge < -0.3 is 5.11 Å². The van der Waals surface area contributed by atoms with E-state index < -0.39 is 8.07 Å². The molecule has 0 spiro atoms. The van der Waals surface area contributed by atoms with Crippen molar-refractivity contribution in [3.8, 4) is 5.75 Å². The minimum Gasteiger partial charge on any atom is -0.507 e. The van der Waals surface area contributed by atoms with Gasteiger partial charge >= 0.3 is 0 Å². The predicted molar refractivity (Wildman–Crippen MR) is 71.7 cm³/mol. The van der Waals surface area contributed by atoms with Crippen LogP contribution in [-0.4, -0.2) is 18.6 Å². The average molecular weight is 240 g/mol. The van der Waals surface area contributed by atoms with E-state index in [2.05, 4.69) is 31.8 Å². The molecule has 0 unspecified atom stereocenters. The molecule has 0 bridgehead atoms. The van der Waals surface area contributed by atoms with E-state index >= 15 is 0 Å². The molecule has 0 amide bonds. The van der Waals surface area contributed by atoms with Crippen molar-refractivity contribution in [2.45, 2.75) is 38.4 Å². The Morgan fingerprint density at radius 1 is 1.13 bits per heavy atom. The molecule has 1 N–H and O–H groups in total. The molecule has 0 saturated heterocycles. The van der Waals surface area contributed by atoms with Crippen LogP contribution in [0.15, 0.2) is 17.0 Å². The Balaban J connectivity index is 2.80. The van der Waals surface area contributed by atoms with E-state index in [0.717, 1.165) is 11.1 Å². The van der Waals surface area contributed by atoms with Gasteiger partial charge in [-0.15, -0.1) is 11.8 Å². The summed E-state index contributed by atoms with van der Waals surface area (Å²) < 4.78 is 0. The van der Waals surface area contributed by atoms with Crippen molar-refractivity contribution in [1.82, 2.24) is 0 Å². The van der Waals surface area contributed by atoms with E-state index in [9.17, 15) is 5.11 Å². The number of hydrogen-bond donors (Lipinski definition) is 1. The van der Waals surface area contributed by atoms with Crippen LogP contribution >= 0.6 is 11.8 Å². The number of rotatable bonds is 3. The lowest BCUT2D eigenvalue weighted by Gasteiger charge is -2.15. The minimum atomic E-state index is -0.988. The average Bonchev–Trinajstić information content (AvgIpc) is 2.09. The maximum atomic E-state index is 9.66. The van der Waals surface area contributed by atoms with Crippen LogP contribution < -0.4 is 0 Å². The molecule has 0 aliphatic rings. The number of phenolic OH excluding ortho intramolecular Hbond substituents is 1. The van der Waals surface area contributed by atoms with E-state index in [1.165, 1.54) is 10.3 Å². The quantitative estimate of drug-likeness (QED) is 0.637. The summed E-state index contributed by atoms with van der Waals surface area (Å²) in [6, 6.07) is 4.15. The lowest BCUT2D eigenvalue weighted by atomic mass is 10.1. The van der Waals surface area contributed by atoms with Crippen LogP contribution in [0.5, 0.6) is 5.75 Å². The highest BCUT2D eigenvalue weighted by atomic mass is 32.2. The first-order valence-corrected chi connectivity index (χ1v) is 9.92. The first kappa shape index (κ1) is 12.7. The van der Waals surface area contributed by atoms with E-state index in [-0.39, 0.29) is 0 Å². The van der Waals surface area contributed by atoms with Crippen molar-refractivity contribution < 1.29 is 5.11 Å². The lowest BCUT2D eigenvalue weighted by molar-refractivity contribution is 0.466. The van der Waals surface area contributed by atoms with Gasteiger partial charge in [0.2, 0.25) is 0 Å². The Morgan fingerprint density at radius 2 is 1.60 bits per heavy atom. The molecule has 1 aromatic rings. The number of benzene rings is 1. The highest BCUT2D eigenvalue weighted by Gasteiger charge is 2.13. The number of hydrogen-bond acceptors (Lipinski definition) is 2. The fourth-order valence-electron chi connectivity index (χ4n) is 1.30. The normalized spacial score (nSPS) is 11.8. The van der Waals surface area contributed by atoms with Gasteiger partial charge in [0.25, 0.3) is 0 Å². The molecule has 0 aliphatic heterocycles. The molecule has 84 valence electrons. The molecule has 3 heteroatoms. The third kappa shape index (κ3) is 3.91. The van der Waals surface area contributed by atoms with Crippen molar-refractivity contribution in [3.05, 3.63) is 23.3 Å². The Bertz CT molecular complexity index is 332. The third-order valence-corrected chi connectivity index (χ3v) is 6.75. The molecule has 1 aromatic carbocycles. The first-order valence-electron chi connectivity index (χ1n) is 5.22. The van der Waals surface area contributed by atoms with Gasteiger partial charge in [-0.25, -0.2) is 0 Å². The molecular weight excluding hydrogens is 220 g/mol. The molecule has 15 heavy (non-hydrogen) atoms. The monoisotopic (exact) mass is 240 g/mol. The fraction of sp³-hybridized carbons (Fsp3) is 0.500. The summed E-state index contributed by atoms with van der Waals surface area (Å²) in [5.41, 5.74) is 1.96. The molecule has 0 aliphatic carbocycles. The van der Waals surface area contributed by atoms with Gasteiger partial charge in [0.15, 0.2) is 0 Å². The Kier molecular flexibility index (Phi) is 3.90. The molecule has 0 atom stereocenters. The first-order chi connectivity index (χ1) is 6.79. The number of thioether (sulfide) groups is 1. The Morgan fingerprint density at radius 3 is 2.00 bits per heavy atom. The third-order valence-electron chi connectivity index (χ3n) is 2.14. The van der Waals surface area contributed by atoms with Gasteiger partial charge in [-0.05, 0) is 42.5 Å². The van der Waals surface area contributed by atoms with Crippen molar-refractivity contribution in [2.24, 2.45) is 0 Å². The second-order valence-corrected chi connectivity index (χ2v) is 12.3. The van der Waals surface area contributed by atoms with Crippen LogP contribution in [0.2, 0.25) is 19.6 Å². The number of aryl methyl sites for hydroxylation is 2. The van der Waals surface area contributed by atoms with Crippen molar-refractivity contribution >= 4 is 19.8 Å². The topological polar surface area (TPSA) is 20.2 Å².